The molecule has 2 aromatic rings. The van der Waals surface area contributed by atoms with Crippen LogP contribution in [0.2, 0.25) is 0 Å². The fraction of sp³-hybridized carbons (Fsp3) is 0.519. The first-order chi connectivity index (χ1) is 18.3. The van der Waals surface area contributed by atoms with Crippen LogP contribution in [0, 0.1) is 12.8 Å². The smallest absolute Gasteiger partial charge is 0.221 e. The number of rotatable bonds is 13. The van der Waals surface area contributed by atoms with E-state index in [2.05, 4.69) is 26.1 Å². The second kappa shape index (κ2) is 14.6. The van der Waals surface area contributed by atoms with Gasteiger partial charge in [0.1, 0.15) is 12.0 Å². The van der Waals surface area contributed by atoms with Crippen LogP contribution in [0.5, 0.6) is 5.75 Å². The molecule has 1 heterocycles. The third-order valence-electron chi connectivity index (χ3n) is 6.68. The van der Waals surface area contributed by atoms with Crippen molar-refractivity contribution in [2.24, 2.45) is 22.5 Å². The molecule has 0 spiro atoms. The fourth-order valence-electron chi connectivity index (χ4n) is 4.62. The van der Waals surface area contributed by atoms with Crippen molar-refractivity contribution >= 4 is 11.7 Å². The largest absolute Gasteiger partial charge is 0.497 e. The summed E-state index contributed by atoms with van der Waals surface area (Å²) in [4.78, 5) is 16.3. The number of aliphatic hydroxyl groups excluding tert-OH is 1. The number of hydrogen-bond acceptors (Lipinski definition) is 9. The van der Waals surface area contributed by atoms with E-state index in [-0.39, 0.29) is 11.9 Å². The molecule has 0 saturated heterocycles. The van der Waals surface area contributed by atoms with Crippen LogP contribution in [0.4, 0.5) is 0 Å². The molecule has 1 saturated carbocycles. The lowest BCUT2D eigenvalue weighted by molar-refractivity contribution is -0.121. The highest BCUT2D eigenvalue weighted by atomic mass is 16.5. The lowest BCUT2D eigenvalue weighted by atomic mass is 9.86. The van der Waals surface area contributed by atoms with Crippen LogP contribution in [0.15, 0.2) is 41.5 Å². The maximum Gasteiger partial charge on any atom is 0.221 e. The van der Waals surface area contributed by atoms with Gasteiger partial charge in [0.15, 0.2) is 5.84 Å². The SMILES string of the molecule is CNN(CC1CCC(NC(=O)CCN)CC1)/N=C(\N)c1cc(C)nc(C(O)NCc2cccc(OC)c2)c1. The minimum absolute atomic E-state index is 0.0257. The van der Waals surface area contributed by atoms with E-state index in [0.29, 0.717) is 49.1 Å². The maximum atomic E-state index is 11.8. The second-order valence-electron chi connectivity index (χ2n) is 9.67. The molecule has 0 bridgehead atoms. The Morgan fingerprint density at radius 1 is 1.26 bits per heavy atom. The summed E-state index contributed by atoms with van der Waals surface area (Å²) in [6, 6.07) is 11.5. The first-order valence-electron chi connectivity index (χ1n) is 13.1. The fourth-order valence-corrected chi connectivity index (χ4v) is 4.62. The Bertz CT molecular complexity index is 1070. The van der Waals surface area contributed by atoms with E-state index in [0.717, 1.165) is 42.7 Å². The number of amidine groups is 1. The van der Waals surface area contributed by atoms with Crippen LogP contribution in [0.25, 0.3) is 0 Å². The number of carbonyl (C=O) groups is 1. The van der Waals surface area contributed by atoms with Gasteiger partial charge in [-0.15, -0.1) is 5.10 Å². The molecule has 11 heteroatoms. The summed E-state index contributed by atoms with van der Waals surface area (Å²) in [5.74, 6) is 1.54. The van der Waals surface area contributed by atoms with Crippen molar-refractivity contribution in [1.29, 1.82) is 0 Å². The zero-order valence-corrected chi connectivity index (χ0v) is 22.6. The zero-order valence-electron chi connectivity index (χ0n) is 22.6. The average Bonchev–Trinajstić information content (AvgIpc) is 2.92. The van der Waals surface area contributed by atoms with E-state index in [1.54, 1.807) is 18.3 Å². The van der Waals surface area contributed by atoms with Crippen LogP contribution in [-0.4, -0.2) is 60.2 Å². The number of aryl methyl sites for hydroxylation is 1. The number of pyridine rings is 1. The van der Waals surface area contributed by atoms with Crippen molar-refractivity contribution in [3.63, 3.8) is 0 Å². The average molecular weight is 527 g/mol. The summed E-state index contributed by atoms with van der Waals surface area (Å²) in [7, 11) is 3.43. The van der Waals surface area contributed by atoms with E-state index >= 15 is 0 Å². The van der Waals surface area contributed by atoms with Gasteiger partial charge in [-0.1, -0.05) is 12.1 Å². The van der Waals surface area contributed by atoms with E-state index in [4.69, 9.17) is 16.2 Å². The van der Waals surface area contributed by atoms with E-state index in [1.807, 2.05) is 44.3 Å². The van der Waals surface area contributed by atoms with Crippen molar-refractivity contribution in [1.82, 2.24) is 26.2 Å². The number of aliphatic hydroxyl groups is 1. The number of aromatic nitrogens is 1. The molecule has 1 aromatic heterocycles. The summed E-state index contributed by atoms with van der Waals surface area (Å²) in [5, 5.41) is 23.3. The van der Waals surface area contributed by atoms with E-state index in [1.165, 1.54) is 0 Å². The Balaban J connectivity index is 1.59. The van der Waals surface area contributed by atoms with Gasteiger partial charge in [0.25, 0.3) is 0 Å². The Kier molecular flexibility index (Phi) is 11.3. The van der Waals surface area contributed by atoms with Gasteiger partial charge < -0.3 is 26.6 Å². The quantitative estimate of drug-likeness (QED) is 0.0976. The molecule has 1 unspecified atom stereocenters. The Hall–Kier alpha value is -3.25. The minimum Gasteiger partial charge on any atom is -0.497 e. The molecule has 208 valence electrons. The van der Waals surface area contributed by atoms with Gasteiger partial charge in [-0.3, -0.25) is 15.1 Å². The molecule has 1 fully saturated rings. The molecular weight excluding hydrogens is 484 g/mol. The van der Waals surface area contributed by atoms with Gasteiger partial charge in [-0.2, -0.15) is 0 Å². The number of nitrogens with two attached hydrogens (primary N) is 2. The summed E-state index contributed by atoms with van der Waals surface area (Å²) >= 11 is 0. The van der Waals surface area contributed by atoms with Crippen molar-refractivity contribution in [2.45, 2.75) is 57.8 Å². The number of carbonyl (C=O) groups excluding carboxylic acids is 1. The van der Waals surface area contributed by atoms with E-state index < -0.39 is 6.23 Å². The number of methoxy groups -OCH3 is 1. The third-order valence-corrected chi connectivity index (χ3v) is 6.68. The lowest BCUT2D eigenvalue weighted by Gasteiger charge is -2.31. The monoisotopic (exact) mass is 526 g/mol. The molecular formula is C27H42N8O3. The molecule has 1 aliphatic rings. The highest BCUT2D eigenvalue weighted by molar-refractivity contribution is 5.97. The van der Waals surface area contributed by atoms with Gasteiger partial charge in [-0.05, 0) is 68.4 Å². The number of hydrazine groups is 1. The zero-order chi connectivity index (χ0) is 27.5. The van der Waals surface area contributed by atoms with Crippen molar-refractivity contribution < 1.29 is 14.6 Å². The van der Waals surface area contributed by atoms with Gasteiger partial charge in [0.05, 0.1) is 19.3 Å². The van der Waals surface area contributed by atoms with Crippen molar-refractivity contribution in [3.8, 4) is 5.75 Å². The predicted molar refractivity (Wildman–Crippen MR) is 148 cm³/mol. The molecule has 1 aromatic carbocycles. The third kappa shape index (κ3) is 8.95. The normalized spacial score (nSPS) is 18.6. The number of nitrogens with zero attached hydrogens (tertiary/aromatic N) is 3. The second-order valence-corrected chi connectivity index (χ2v) is 9.67. The summed E-state index contributed by atoms with van der Waals surface area (Å²) in [6.07, 6.45) is 3.24. The number of amides is 1. The summed E-state index contributed by atoms with van der Waals surface area (Å²) < 4.78 is 5.26. The van der Waals surface area contributed by atoms with Crippen molar-refractivity contribution in [3.05, 3.63) is 58.9 Å². The standard InChI is InChI=1S/C27H42N8O3/c1-18-13-21(15-24(32-18)27(37)31-16-20-5-4-6-23(14-20)38-3)26(29)34-35(30-2)17-19-7-9-22(10-8-19)33-25(36)11-12-28/h4-6,13-15,19,22,27,30-31,37H,7-12,16-17,28H2,1-3H3,(H2,29,34)(H,33,36). The van der Waals surface area contributed by atoms with Crippen LogP contribution in [0.3, 0.4) is 0 Å². The number of hydrazone groups is 1. The molecule has 0 aliphatic heterocycles. The summed E-state index contributed by atoms with van der Waals surface area (Å²) in [6.45, 7) is 3.37. The van der Waals surface area contributed by atoms with E-state index in [9.17, 15) is 9.90 Å². The highest BCUT2D eigenvalue weighted by Crippen LogP contribution is 2.25. The topological polar surface area (TPSA) is 163 Å². The number of ether oxygens (including phenoxy) is 1. The molecule has 3 rings (SSSR count). The predicted octanol–water partition coefficient (Wildman–Crippen LogP) is 1.26. The van der Waals surface area contributed by atoms with Crippen LogP contribution < -0.4 is 32.3 Å². The molecule has 38 heavy (non-hydrogen) atoms. The molecule has 1 amide bonds. The Morgan fingerprint density at radius 2 is 2.03 bits per heavy atom. The molecule has 0 radical (unpaired) electrons. The number of benzene rings is 1. The van der Waals surface area contributed by atoms with Crippen LogP contribution >= 0.6 is 0 Å². The van der Waals surface area contributed by atoms with Gasteiger partial charge in [0.2, 0.25) is 5.91 Å². The minimum atomic E-state index is -0.978. The molecule has 1 aliphatic carbocycles. The van der Waals surface area contributed by atoms with Gasteiger partial charge in [0, 0.05) is 43.9 Å². The molecule has 1 atom stereocenters. The number of hydrogen-bond donors (Lipinski definition) is 6. The first kappa shape index (κ1) is 29.3. The molecule has 11 nitrogen and oxygen atoms in total. The van der Waals surface area contributed by atoms with Crippen LogP contribution in [-0.2, 0) is 11.3 Å². The maximum absolute atomic E-state index is 11.8. The highest BCUT2D eigenvalue weighted by Gasteiger charge is 2.24. The number of nitrogens with one attached hydrogen (secondary N) is 3. The summed E-state index contributed by atoms with van der Waals surface area (Å²) in [5.41, 5.74) is 17.8. The first-order valence-corrected chi connectivity index (χ1v) is 13.1. The van der Waals surface area contributed by atoms with Gasteiger partial charge in [-0.25, -0.2) is 10.5 Å². The Labute approximate surface area is 225 Å². The van der Waals surface area contributed by atoms with Crippen LogP contribution in [0.1, 0.15) is 60.8 Å². The van der Waals surface area contributed by atoms with Gasteiger partial charge >= 0.3 is 0 Å². The molecule has 8 N–H and O–H groups in total. The van der Waals surface area contributed by atoms with Crippen molar-refractivity contribution in [2.75, 3.05) is 27.2 Å². The Morgan fingerprint density at radius 3 is 2.71 bits per heavy atom. The lowest BCUT2D eigenvalue weighted by Crippen LogP contribution is -2.41.